The van der Waals surface area contributed by atoms with Gasteiger partial charge in [-0.15, -0.1) is 0 Å². The quantitative estimate of drug-likeness (QED) is 0.703. The van der Waals surface area contributed by atoms with Crippen LogP contribution >= 0.6 is 0 Å². The number of halogens is 3. The molecule has 0 radical (unpaired) electrons. The van der Waals surface area contributed by atoms with Crippen LogP contribution in [0.25, 0.3) is 0 Å². The molecule has 4 fully saturated rings. The Morgan fingerprint density at radius 2 is 1.60 bits per heavy atom. The molecule has 3 aliphatic heterocycles. The van der Waals surface area contributed by atoms with E-state index in [4.69, 9.17) is 4.74 Å². The van der Waals surface area contributed by atoms with Gasteiger partial charge in [-0.05, 0) is 32.6 Å². The van der Waals surface area contributed by atoms with E-state index in [0.717, 1.165) is 32.8 Å². The fourth-order valence-electron chi connectivity index (χ4n) is 5.72. The van der Waals surface area contributed by atoms with Gasteiger partial charge in [-0.2, -0.15) is 17.5 Å². The van der Waals surface area contributed by atoms with Crippen molar-refractivity contribution < 1.29 is 26.3 Å². The van der Waals surface area contributed by atoms with Crippen LogP contribution < -0.4 is 0 Å². The molecule has 1 aliphatic carbocycles. The number of likely N-dealkylation sites (tertiary alicyclic amines) is 1. The third-order valence-corrected chi connectivity index (χ3v) is 9.02. The number of hydrogen-bond acceptors (Lipinski definition) is 6. The molecule has 1 aromatic rings. The molecule has 30 heavy (non-hydrogen) atoms. The highest BCUT2D eigenvalue weighted by atomic mass is 32.2. The van der Waals surface area contributed by atoms with Crippen LogP contribution in [0.3, 0.4) is 0 Å². The number of alkyl halides is 3. The average molecular weight is 446 g/mol. The van der Waals surface area contributed by atoms with Crippen molar-refractivity contribution in [1.29, 1.82) is 0 Å². The highest BCUT2D eigenvalue weighted by Crippen LogP contribution is 2.52. The topological polar surface area (TPSA) is 75.6 Å². The summed E-state index contributed by atoms with van der Waals surface area (Å²) in [6.45, 7) is 7.97. The number of hydrogen-bond donors (Lipinski definition) is 0. The van der Waals surface area contributed by atoms with Gasteiger partial charge in [0.1, 0.15) is 4.90 Å². The molecule has 11 heteroatoms. The summed E-state index contributed by atoms with van der Waals surface area (Å²) in [5.74, 6) is -0.599. The number of aromatic nitrogens is 2. The first-order valence-electron chi connectivity index (χ1n) is 10.1. The summed E-state index contributed by atoms with van der Waals surface area (Å²) in [5.41, 5.74) is 0.103. The second-order valence-electron chi connectivity index (χ2n) is 9.75. The summed E-state index contributed by atoms with van der Waals surface area (Å²) in [6.07, 6.45) is -2.26. The van der Waals surface area contributed by atoms with E-state index in [2.05, 4.69) is 14.9 Å². The van der Waals surface area contributed by atoms with Gasteiger partial charge >= 0.3 is 6.18 Å². The van der Waals surface area contributed by atoms with E-state index < -0.39 is 22.0 Å². The van der Waals surface area contributed by atoms with Crippen LogP contribution in [0.2, 0.25) is 0 Å². The van der Waals surface area contributed by atoms with Gasteiger partial charge in [-0.1, -0.05) is 0 Å². The second kappa shape index (κ2) is 6.36. The van der Waals surface area contributed by atoms with Crippen molar-refractivity contribution >= 4 is 10.0 Å². The van der Waals surface area contributed by atoms with Crippen molar-refractivity contribution in [2.45, 2.75) is 37.8 Å². The Morgan fingerprint density at radius 3 is 2.07 bits per heavy atom. The van der Waals surface area contributed by atoms with Crippen LogP contribution in [0.5, 0.6) is 0 Å². The predicted molar refractivity (Wildman–Crippen MR) is 100 cm³/mol. The molecule has 2 spiro atoms. The molecule has 1 saturated carbocycles. The molecule has 4 heterocycles. The zero-order chi connectivity index (χ0) is 21.5. The highest BCUT2D eigenvalue weighted by molar-refractivity contribution is 7.89. The lowest BCUT2D eigenvalue weighted by molar-refractivity contribution is -0.188. The Balaban J connectivity index is 1.19. The Hall–Kier alpha value is -1.30. The lowest BCUT2D eigenvalue weighted by Gasteiger charge is -2.62. The zero-order valence-electron chi connectivity index (χ0n) is 17.0. The third kappa shape index (κ3) is 3.16. The maximum atomic E-state index is 13.0. The number of sulfonamides is 1. The summed E-state index contributed by atoms with van der Waals surface area (Å²) < 4.78 is 71.4. The van der Waals surface area contributed by atoms with Crippen molar-refractivity contribution in [2.24, 2.45) is 16.7 Å². The van der Waals surface area contributed by atoms with Crippen molar-refractivity contribution in [1.82, 2.24) is 19.2 Å². The SMILES string of the molecule is Cc1nc(C(F)(F)F)nc(C)c1S(=O)(=O)N1CC2(CN(CC3CC4(COC4)C3)C2)C1. The molecule has 0 unspecified atom stereocenters. The molecule has 0 amide bonds. The van der Waals surface area contributed by atoms with E-state index in [0.29, 0.717) is 24.4 Å². The summed E-state index contributed by atoms with van der Waals surface area (Å²) in [4.78, 5) is 9.00. The largest absolute Gasteiger partial charge is 0.451 e. The standard InChI is InChI=1S/C19H25F3N4O3S/c1-12-15(13(2)24-16(23-12)19(20,21)22)30(27,28)26-8-18(9-26)6-25(7-18)5-14-3-17(4-14)10-29-11-17/h14H,3-11H2,1-2H3. The Bertz CT molecular complexity index is 948. The maximum absolute atomic E-state index is 13.0. The fourth-order valence-corrected chi connectivity index (χ4v) is 7.71. The minimum atomic E-state index is -4.71. The van der Waals surface area contributed by atoms with Crippen LogP contribution in [0.4, 0.5) is 13.2 Å². The number of nitrogens with zero attached hydrogens (tertiary/aromatic N) is 4. The van der Waals surface area contributed by atoms with E-state index in [1.807, 2.05) is 0 Å². The zero-order valence-corrected chi connectivity index (χ0v) is 17.8. The molecular formula is C19H25F3N4O3S. The van der Waals surface area contributed by atoms with E-state index in [1.54, 1.807) is 0 Å². The smallest absolute Gasteiger partial charge is 0.380 e. The summed E-state index contributed by atoms with van der Waals surface area (Å²) in [6, 6.07) is 0. The average Bonchev–Trinajstić information content (AvgIpc) is 2.45. The summed E-state index contributed by atoms with van der Waals surface area (Å²) >= 11 is 0. The minimum Gasteiger partial charge on any atom is -0.380 e. The molecule has 0 aromatic carbocycles. The van der Waals surface area contributed by atoms with Crippen molar-refractivity contribution in [3.8, 4) is 0 Å². The minimum absolute atomic E-state index is 0.0251. The molecule has 5 rings (SSSR count). The van der Waals surface area contributed by atoms with Crippen LogP contribution in [-0.4, -0.2) is 73.5 Å². The Labute approximate surface area is 173 Å². The monoisotopic (exact) mass is 446 g/mol. The molecule has 1 aromatic heterocycles. The number of ether oxygens (including phenoxy) is 1. The number of aryl methyl sites for hydroxylation is 2. The molecule has 3 saturated heterocycles. The van der Waals surface area contributed by atoms with Gasteiger partial charge < -0.3 is 9.64 Å². The van der Waals surface area contributed by atoms with Crippen molar-refractivity contribution in [3.05, 3.63) is 17.2 Å². The summed E-state index contributed by atoms with van der Waals surface area (Å²) in [5, 5.41) is 0. The number of rotatable bonds is 4. The Morgan fingerprint density at radius 1 is 1.03 bits per heavy atom. The van der Waals surface area contributed by atoms with E-state index in [1.165, 1.54) is 31.0 Å². The normalized spacial score (nSPS) is 26.2. The first-order chi connectivity index (χ1) is 13.9. The van der Waals surface area contributed by atoms with Gasteiger partial charge in [0.2, 0.25) is 15.8 Å². The van der Waals surface area contributed by atoms with Gasteiger partial charge in [0.15, 0.2) is 0 Å². The highest BCUT2D eigenvalue weighted by Gasteiger charge is 2.57. The van der Waals surface area contributed by atoms with Gasteiger partial charge in [0.05, 0.1) is 24.6 Å². The van der Waals surface area contributed by atoms with Gasteiger partial charge in [0.25, 0.3) is 0 Å². The van der Waals surface area contributed by atoms with Gasteiger partial charge in [-0.25, -0.2) is 18.4 Å². The molecule has 166 valence electrons. The Kier molecular flexibility index (Phi) is 4.37. The first kappa shape index (κ1) is 20.6. The molecule has 4 aliphatic rings. The van der Waals surface area contributed by atoms with Crippen LogP contribution in [0, 0.1) is 30.6 Å². The van der Waals surface area contributed by atoms with Crippen molar-refractivity contribution in [3.63, 3.8) is 0 Å². The van der Waals surface area contributed by atoms with Crippen LogP contribution in [0.1, 0.15) is 30.1 Å². The predicted octanol–water partition coefficient (Wildman–Crippen LogP) is 1.85. The van der Waals surface area contributed by atoms with Gasteiger partial charge in [-0.3, -0.25) is 0 Å². The van der Waals surface area contributed by atoms with E-state index in [9.17, 15) is 21.6 Å². The van der Waals surface area contributed by atoms with Crippen LogP contribution in [-0.2, 0) is 20.9 Å². The van der Waals surface area contributed by atoms with E-state index in [-0.39, 0.29) is 21.7 Å². The first-order valence-corrected chi connectivity index (χ1v) is 11.6. The molecule has 0 N–H and O–H groups in total. The maximum Gasteiger partial charge on any atom is 0.451 e. The van der Waals surface area contributed by atoms with Gasteiger partial charge in [0, 0.05) is 43.6 Å². The summed E-state index contributed by atoms with van der Waals surface area (Å²) in [7, 11) is -3.91. The second-order valence-corrected chi connectivity index (χ2v) is 11.6. The van der Waals surface area contributed by atoms with Crippen LogP contribution in [0.15, 0.2) is 4.90 Å². The lowest BCUT2D eigenvalue weighted by atomic mass is 9.60. The fraction of sp³-hybridized carbons (Fsp3) is 0.789. The third-order valence-electron chi connectivity index (χ3n) is 6.97. The molecule has 0 bridgehead atoms. The van der Waals surface area contributed by atoms with Crippen molar-refractivity contribution in [2.75, 3.05) is 45.9 Å². The van der Waals surface area contributed by atoms with E-state index >= 15 is 0 Å². The lowest BCUT2D eigenvalue weighted by Crippen LogP contribution is -2.73. The molecular weight excluding hydrogens is 421 g/mol. The molecule has 0 atom stereocenters. The molecule has 7 nitrogen and oxygen atoms in total.